The van der Waals surface area contributed by atoms with Crippen LogP contribution in [0.2, 0.25) is 5.02 Å². The van der Waals surface area contributed by atoms with Crippen molar-refractivity contribution < 1.29 is 9.47 Å². The van der Waals surface area contributed by atoms with Crippen LogP contribution in [-0.4, -0.2) is 37.4 Å². The summed E-state index contributed by atoms with van der Waals surface area (Å²) in [5.41, 5.74) is 2.81. The van der Waals surface area contributed by atoms with E-state index < -0.39 is 0 Å². The lowest BCUT2D eigenvalue weighted by molar-refractivity contribution is 0.297. The van der Waals surface area contributed by atoms with Crippen molar-refractivity contribution in [2.45, 2.75) is 13.3 Å². The molecule has 4 heterocycles. The van der Waals surface area contributed by atoms with Gasteiger partial charge in [0, 0.05) is 29.4 Å². The van der Waals surface area contributed by atoms with Crippen LogP contribution in [0.25, 0.3) is 33.8 Å². The molecule has 9 heteroatoms. The number of aryl methyl sites for hydroxylation is 1. The molecule has 164 valence electrons. The molecule has 5 aromatic rings. The van der Waals surface area contributed by atoms with Gasteiger partial charge in [-0.1, -0.05) is 17.7 Å². The molecule has 0 saturated carbocycles. The van der Waals surface area contributed by atoms with Crippen LogP contribution in [0.1, 0.15) is 12.0 Å². The minimum Gasteiger partial charge on any atom is -0.490 e. The molecule has 8 nitrogen and oxygen atoms in total. The second-order valence-corrected chi connectivity index (χ2v) is 8.25. The largest absolute Gasteiger partial charge is 0.490 e. The van der Waals surface area contributed by atoms with E-state index in [4.69, 9.17) is 21.1 Å². The molecule has 0 amide bonds. The molecule has 6 rings (SSSR count). The number of hydrogen-bond acceptors (Lipinski definition) is 6. The lowest BCUT2D eigenvalue weighted by atomic mass is 10.2. The number of ether oxygens (including phenoxy) is 2. The van der Waals surface area contributed by atoms with E-state index in [-0.39, 0.29) is 5.56 Å². The van der Waals surface area contributed by atoms with Gasteiger partial charge in [0.2, 0.25) is 0 Å². The van der Waals surface area contributed by atoms with Crippen molar-refractivity contribution in [1.29, 1.82) is 0 Å². The minimum atomic E-state index is -0.213. The summed E-state index contributed by atoms with van der Waals surface area (Å²) < 4.78 is 14.6. The zero-order valence-corrected chi connectivity index (χ0v) is 18.4. The first kappa shape index (κ1) is 19.8. The maximum absolute atomic E-state index is 13.2. The molecule has 0 radical (unpaired) electrons. The van der Waals surface area contributed by atoms with E-state index in [0.29, 0.717) is 57.9 Å². The fourth-order valence-electron chi connectivity index (χ4n) is 3.88. The third-order valence-electron chi connectivity index (χ3n) is 5.67. The Labute approximate surface area is 193 Å². The molecule has 0 saturated heterocycles. The Kier molecular flexibility index (Phi) is 4.55. The number of benzene rings is 2. The van der Waals surface area contributed by atoms with E-state index in [1.165, 1.54) is 6.20 Å². The van der Waals surface area contributed by atoms with Gasteiger partial charge in [-0.05, 0) is 48.9 Å². The molecule has 0 unspecified atom stereocenters. The zero-order chi connectivity index (χ0) is 22.5. The number of hydrogen-bond donors (Lipinski definition) is 0. The third kappa shape index (κ3) is 3.30. The Morgan fingerprint density at radius 2 is 1.88 bits per heavy atom. The Bertz CT molecular complexity index is 1610. The summed E-state index contributed by atoms with van der Waals surface area (Å²) in [6, 6.07) is 13.0. The van der Waals surface area contributed by atoms with Gasteiger partial charge in [-0.3, -0.25) is 9.36 Å². The topological polar surface area (TPSA) is 83.5 Å². The first-order valence-electron chi connectivity index (χ1n) is 10.5. The van der Waals surface area contributed by atoms with Crippen LogP contribution in [-0.2, 0) is 0 Å². The zero-order valence-electron chi connectivity index (χ0n) is 17.7. The van der Waals surface area contributed by atoms with Gasteiger partial charge >= 0.3 is 0 Å². The maximum atomic E-state index is 13.2. The van der Waals surface area contributed by atoms with Crippen molar-refractivity contribution in [1.82, 2.24) is 24.1 Å². The molecule has 0 N–H and O–H groups in total. The van der Waals surface area contributed by atoms with Crippen molar-refractivity contribution in [2.24, 2.45) is 0 Å². The predicted octanol–water partition coefficient (Wildman–Crippen LogP) is 4.22. The van der Waals surface area contributed by atoms with Gasteiger partial charge in [0.15, 0.2) is 17.3 Å². The number of nitrogens with zero attached hydrogens (tertiary/aromatic N) is 5. The summed E-state index contributed by atoms with van der Waals surface area (Å²) in [4.78, 5) is 22.2. The van der Waals surface area contributed by atoms with Gasteiger partial charge in [0.05, 0.1) is 29.8 Å². The van der Waals surface area contributed by atoms with Crippen molar-refractivity contribution in [2.75, 3.05) is 13.2 Å². The standard InChI is InChI=1S/C24H18ClN5O3/c1-14-3-5-16(12-18(14)25)29-8-7-19-17(23(29)31)13-26-24-27-22(28-30(19)24)15-4-6-20-21(11-15)33-10-2-9-32-20/h3-8,11-13H,2,9-10H2,1H3. The van der Waals surface area contributed by atoms with E-state index in [2.05, 4.69) is 15.1 Å². The van der Waals surface area contributed by atoms with E-state index in [1.807, 2.05) is 43.3 Å². The van der Waals surface area contributed by atoms with E-state index in [0.717, 1.165) is 17.5 Å². The average molecular weight is 460 g/mol. The van der Waals surface area contributed by atoms with Gasteiger partial charge < -0.3 is 9.47 Å². The number of aromatic nitrogens is 5. The van der Waals surface area contributed by atoms with Gasteiger partial charge in [0.25, 0.3) is 11.3 Å². The highest BCUT2D eigenvalue weighted by atomic mass is 35.5. The van der Waals surface area contributed by atoms with Gasteiger partial charge in [-0.25, -0.2) is 4.98 Å². The van der Waals surface area contributed by atoms with Crippen LogP contribution in [0.4, 0.5) is 0 Å². The van der Waals surface area contributed by atoms with Crippen LogP contribution in [0, 0.1) is 6.92 Å². The van der Waals surface area contributed by atoms with Crippen LogP contribution < -0.4 is 15.0 Å². The summed E-state index contributed by atoms with van der Waals surface area (Å²) in [6.45, 7) is 3.14. The van der Waals surface area contributed by atoms with Gasteiger partial charge in [0.1, 0.15) is 0 Å². The van der Waals surface area contributed by atoms with Crippen molar-refractivity contribution in [3.63, 3.8) is 0 Å². The van der Waals surface area contributed by atoms with E-state index in [9.17, 15) is 4.79 Å². The molecule has 0 atom stereocenters. The molecule has 0 spiro atoms. The summed E-state index contributed by atoms with van der Waals surface area (Å²) >= 11 is 6.26. The fourth-order valence-corrected chi connectivity index (χ4v) is 4.05. The third-order valence-corrected chi connectivity index (χ3v) is 6.08. The van der Waals surface area contributed by atoms with Crippen molar-refractivity contribution in [3.05, 3.63) is 75.8 Å². The monoisotopic (exact) mass is 459 g/mol. The second kappa shape index (κ2) is 7.60. The molecular formula is C24H18ClN5O3. The summed E-state index contributed by atoms with van der Waals surface area (Å²) in [5.74, 6) is 2.27. The SMILES string of the molecule is Cc1ccc(-n2ccc3c(cnc4nc(-c5ccc6c(c5)OCCCO6)nn43)c2=O)cc1Cl. The van der Waals surface area contributed by atoms with Gasteiger partial charge in [-0.15, -0.1) is 5.10 Å². The molecule has 33 heavy (non-hydrogen) atoms. The minimum absolute atomic E-state index is 0.213. The average Bonchev–Trinajstić information content (AvgIpc) is 3.13. The predicted molar refractivity (Wildman–Crippen MR) is 125 cm³/mol. The van der Waals surface area contributed by atoms with Crippen LogP contribution in [0.3, 0.4) is 0 Å². The quantitative estimate of drug-likeness (QED) is 0.393. The second-order valence-electron chi connectivity index (χ2n) is 7.84. The Morgan fingerprint density at radius 3 is 2.73 bits per heavy atom. The highest BCUT2D eigenvalue weighted by Gasteiger charge is 2.16. The lowest BCUT2D eigenvalue weighted by Gasteiger charge is -2.09. The Morgan fingerprint density at radius 1 is 1.03 bits per heavy atom. The van der Waals surface area contributed by atoms with E-state index >= 15 is 0 Å². The smallest absolute Gasteiger partial charge is 0.266 e. The Hall–Kier alpha value is -3.91. The number of rotatable bonds is 2. The van der Waals surface area contributed by atoms with Crippen LogP contribution >= 0.6 is 11.6 Å². The first-order valence-corrected chi connectivity index (χ1v) is 10.9. The highest BCUT2D eigenvalue weighted by molar-refractivity contribution is 6.31. The molecular weight excluding hydrogens is 442 g/mol. The molecule has 0 bridgehead atoms. The van der Waals surface area contributed by atoms with Crippen molar-refractivity contribution in [3.8, 4) is 28.6 Å². The number of halogens is 1. The van der Waals surface area contributed by atoms with E-state index in [1.54, 1.807) is 21.3 Å². The number of pyridine rings is 1. The molecule has 1 aliphatic rings. The summed E-state index contributed by atoms with van der Waals surface area (Å²) in [7, 11) is 0. The Balaban J connectivity index is 1.47. The molecule has 2 aromatic carbocycles. The van der Waals surface area contributed by atoms with Crippen LogP contribution in [0.5, 0.6) is 11.5 Å². The molecule has 0 aliphatic carbocycles. The number of fused-ring (bicyclic) bond motifs is 4. The van der Waals surface area contributed by atoms with Crippen molar-refractivity contribution >= 4 is 28.3 Å². The summed E-state index contributed by atoms with van der Waals surface area (Å²) in [5, 5.41) is 5.66. The lowest BCUT2D eigenvalue weighted by Crippen LogP contribution is -2.18. The van der Waals surface area contributed by atoms with Gasteiger partial charge in [-0.2, -0.15) is 9.50 Å². The molecule has 1 aliphatic heterocycles. The normalized spacial score (nSPS) is 13.4. The van der Waals surface area contributed by atoms with Crippen LogP contribution in [0.15, 0.2) is 59.7 Å². The highest BCUT2D eigenvalue weighted by Crippen LogP contribution is 2.33. The molecule has 3 aromatic heterocycles. The maximum Gasteiger partial charge on any atom is 0.266 e. The first-order chi connectivity index (χ1) is 16.1. The molecule has 0 fully saturated rings. The fraction of sp³-hybridized carbons (Fsp3) is 0.167. The summed E-state index contributed by atoms with van der Waals surface area (Å²) in [6.07, 6.45) is 4.07.